The van der Waals surface area contributed by atoms with Gasteiger partial charge in [0.25, 0.3) is 0 Å². The smallest absolute Gasteiger partial charge is 0.244 e. The van der Waals surface area contributed by atoms with Crippen LogP contribution in [0.5, 0.6) is 11.5 Å². The van der Waals surface area contributed by atoms with Crippen LogP contribution in [-0.2, 0) is 4.79 Å². The molecule has 1 saturated heterocycles. The number of allylic oxidation sites excluding steroid dienone is 2. The van der Waals surface area contributed by atoms with Crippen LogP contribution >= 0.6 is 0 Å². The van der Waals surface area contributed by atoms with Crippen LogP contribution in [-0.4, -0.2) is 65.2 Å². The minimum atomic E-state index is -0.171. The van der Waals surface area contributed by atoms with Crippen LogP contribution in [0.15, 0.2) is 97.1 Å². The molecule has 6 nitrogen and oxygen atoms in total. The monoisotopic (exact) mass is 483 g/mol. The van der Waals surface area contributed by atoms with E-state index in [0.29, 0.717) is 6.54 Å². The molecule has 0 aliphatic carbocycles. The van der Waals surface area contributed by atoms with E-state index >= 15 is 0 Å². The molecule has 186 valence electrons. The van der Waals surface area contributed by atoms with Crippen LogP contribution in [0.2, 0.25) is 0 Å². The van der Waals surface area contributed by atoms with Crippen molar-refractivity contribution in [2.24, 2.45) is 0 Å². The van der Waals surface area contributed by atoms with Gasteiger partial charge in [0.2, 0.25) is 5.91 Å². The number of benzene rings is 3. The third-order valence-corrected chi connectivity index (χ3v) is 6.38. The molecule has 1 fully saturated rings. The highest BCUT2D eigenvalue weighted by atomic mass is 16.3. The Bertz CT molecular complexity index is 1130. The third kappa shape index (κ3) is 7.07. The predicted octanol–water partition coefficient (Wildman–Crippen LogP) is 4.19. The maximum atomic E-state index is 12.1. The number of nitrogens with one attached hydrogen (secondary N) is 1. The maximum absolute atomic E-state index is 12.1. The molecule has 3 aromatic carbocycles. The van der Waals surface area contributed by atoms with E-state index in [4.69, 9.17) is 0 Å². The second-order valence-electron chi connectivity index (χ2n) is 8.86. The lowest BCUT2D eigenvalue weighted by Crippen LogP contribution is -2.49. The minimum Gasteiger partial charge on any atom is -0.504 e. The molecule has 0 bridgehead atoms. The molecule has 0 unspecified atom stereocenters. The molecule has 0 radical (unpaired) electrons. The van der Waals surface area contributed by atoms with Gasteiger partial charge in [-0.3, -0.25) is 14.6 Å². The van der Waals surface area contributed by atoms with Gasteiger partial charge in [-0.1, -0.05) is 85.0 Å². The zero-order valence-corrected chi connectivity index (χ0v) is 20.3. The standard InChI is InChI=1S/C30H33N3O3/c34-27-16-15-24(23-28(27)35)9-7-8-14-29(36)31-17-18-32-19-21-33(22-20-32)30(25-10-3-1-4-11-25)26-12-5-2-6-13-26/h1-16,23,30,34-35H,17-22H2,(H,31,36). The summed E-state index contributed by atoms with van der Waals surface area (Å²) in [6.45, 7) is 5.28. The van der Waals surface area contributed by atoms with Crippen LogP contribution in [0.25, 0.3) is 6.08 Å². The first-order chi connectivity index (χ1) is 17.6. The highest BCUT2D eigenvalue weighted by Crippen LogP contribution is 2.29. The minimum absolute atomic E-state index is 0.139. The van der Waals surface area contributed by atoms with Gasteiger partial charge in [-0.15, -0.1) is 0 Å². The largest absolute Gasteiger partial charge is 0.504 e. The molecule has 3 N–H and O–H groups in total. The molecule has 1 aliphatic rings. The Morgan fingerprint density at radius 1 is 0.833 bits per heavy atom. The summed E-state index contributed by atoms with van der Waals surface area (Å²) in [4.78, 5) is 17.1. The number of hydrogen-bond acceptors (Lipinski definition) is 5. The van der Waals surface area contributed by atoms with Gasteiger partial charge >= 0.3 is 0 Å². The molecule has 6 heteroatoms. The number of aromatic hydroxyl groups is 2. The van der Waals surface area contributed by atoms with E-state index in [1.54, 1.807) is 24.3 Å². The number of phenols is 2. The van der Waals surface area contributed by atoms with E-state index < -0.39 is 0 Å². The summed E-state index contributed by atoms with van der Waals surface area (Å²) in [7, 11) is 0. The lowest BCUT2D eigenvalue weighted by molar-refractivity contribution is -0.116. The van der Waals surface area contributed by atoms with E-state index in [0.717, 1.165) is 38.3 Å². The average molecular weight is 484 g/mol. The van der Waals surface area contributed by atoms with Gasteiger partial charge in [0.15, 0.2) is 11.5 Å². The van der Waals surface area contributed by atoms with Gasteiger partial charge in [0, 0.05) is 45.3 Å². The lowest BCUT2D eigenvalue weighted by Gasteiger charge is -2.39. The molecular formula is C30H33N3O3. The Labute approximate surface area is 212 Å². The van der Waals surface area contributed by atoms with Crippen molar-refractivity contribution in [3.8, 4) is 11.5 Å². The van der Waals surface area contributed by atoms with E-state index in [2.05, 4.69) is 75.8 Å². The number of hydrogen-bond donors (Lipinski definition) is 3. The van der Waals surface area contributed by atoms with Gasteiger partial charge in [0.05, 0.1) is 6.04 Å². The summed E-state index contributed by atoms with van der Waals surface area (Å²) in [6, 6.07) is 26.2. The fourth-order valence-electron chi connectivity index (χ4n) is 4.48. The Balaban J connectivity index is 1.22. The van der Waals surface area contributed by atoms with Crippen LogP contribution < -0.4 is 5.32 Å². The van der Waals surface area contributed by atoms with Crippen LogP contribution in [0.4, 0.5) is 0 Å². The average Bonchev–Trinajstić information content (AvgIpc) is 2.91. The van der Waals surface area contributed by atoms with E-state index in [9.17, 15) is 15.0 Å². The lowest BCUT2D eigenvalue weighted by atomic mass is 9.96. The summed E-state index contributed by atoms with van der Waals surface area (Å²) in [5, 5.41) is 21.8. The topological polar surface area (TPSA) is 76.0 Å². The van der Waals surface area contributed by atoms with Crippen molar-refractivity contribution >= 4 is 12.0 Å². The van der Waals surface area contributed by atoms with Gasteiger partial charge in [-0.2, -0.15) is 0 Å². The molecule has 0 spiro atoms. The normalized spacial score (nSPS) is 15.1. The SMILES string of the molecule is O=C(C=CC=Cc1ccc(O)c(O)c1)NCCN1CCN(C(c2ccccc2)c2ccccc2)CC1. The van der Waals surface area contributed by atoms with Crippen LogP contribution in [0.3, 0.4) is 0 Å². The Morgan fingerprint density at radius 2 is 1.47 bits per heavy atom. The van der Waals surface area contributed by atoms with Crippen molar-refractivity contribution in [3.63, 3.8) is 0 Å². The fraction of sp³-hybridized carbons (Fsp3) is 0.233. The Kier molecular flexibility index (Phi) is 8.92. The van der Waals surface area contributed by atoms with E-state index in [-0.39, 0.29) is 23.4 Å². The van der Waals surface area contributed by atoms with Crippen molar-refractivity contribution in [2.75, 3.05) is 39.3 Å². The molecule has 1 aliphatic heterocycles. The summed E-state index contributed by atoms with van der Waals surface area (Å²) >= 11 is 0. The van der Waals surface area contributed by atoms with E-state index in [1.807, 2.05) is 0 Å². The van der Waals surface area contributed by atoms with Crippen molar-refractivity contribution in [3.05, 3.63) is 114 Å². The summed E-state index contributed by atoms with van der Waals surface area (Å²) in [5.41, 5.74) is 3.36. The fourth-order valence-corrected chi connectivity index (χ4v) is 4.48. The second kappa shape index (κ2) is 12.7. The summed E-state index contributed by atoms with van der Waals surface area (Å²) in [5.74, 6) is -0.467. The van der Waals surface area contributed by atoms with Crippen LogP contribution in [0.1, 0.15) is 22.7 Å². The van der Waals surface area contributed by atoms with Gasteiger partial charge in [-0.25, -0.2) is 0 Å². The van der Waals surface area contributed by atoms with Crippen molar-refractivity contribution in [1.82, 2.24) is 15.1 Å². The van der Waals surface area contributed by atoms with Gasteiger partial charge in [-0.05, 0) is 28.8 Å². The molecule has 3 aromatic rings. The third-order valence-electron chi connectivity index (χ3n) is 6.38. The van der Waals surface area contributed by atoms with Crippen molar-refractivity contribution < 1.29 is 15.0 Å². The van der Waals surface area contributed by atoms with Gasteiger partial charge < -0.3 is 15.5 Å². The number of rotatable bonds is 9. The number of carbonyl (C=O) groups excluding carboxylic acids is 1. The highest BCUT2D eigenvalue weighted by Gasteiger charge is 2.26. The molecule has 1 heterocycles. The number of amides is 1. The number of nitrogens with zero attached hydrogens (tertiary/aromatic N) is 2. The molecule has 4 rings (SSSR count). The molecule has 1 amide bonds. The van der Waals surface area contributed by atoms with E-state index in [1.165, 1.54) is 29.3 Å². The van der Waals surface area contributed by atoms with Crippen molar-refractivity contribution in [2.45, 2.75) is 6.04 Å². The Morgan fingerprint density at radius 3 is 2.08 bits per heavy atom. The molecule has 0 aromatic heterocycles. The maximum Gasteiger partial charge on any atom is 0.244 e. The predicted molar refractivity (Wildman–Crippen MR) is 144 cm³/mol. The number of phenolic OH excluding ortho intramolecular Hbond substituents is 2. The molecule has 0 saturated carbocycles. The zero-order chi connectivity index (χ0) is 25.2. The van der Waals surface area contributed by atoms with Crippen molar-refractivity contribution in [1.29, 1.82) is 0 Å². The van der Waals surface area contributed by atoms with Crippen LogP contribution in [0, 0.1) is 0 Å². The first-order valence-electron chi connectivity index (χ1n) is 12.3. The van der Waals surface area contributed by atoms with Gasteiger partial charge in [0.1, 0.15) is 0 Å². The first-order valence-corrected chi connectivity index (χ1v) is 12.3. The molecular weight excluding hydrogens is 450 g/mol. The summed E-state index contributed by atoms with van der Waals surface area (Å²) in [6.07, 6.45) is 6.62. The molecule has 36 heavy (non-hydrogen) atoms. The summed E-state index contributed by atoms with van der Waals surface area (Å²) < 4.78 is 0. The number of piperazine rings is 1. The number of carbonyl (C=O) groups is 1. The zero-order valence-electron chi connectivity index (χ0n) is 20.3. The second-order valence-corrected chi connectivity index (χ2v) is 8.86. The first kappa shape index (κ1) is 25.2. The Hall–Kier alpha value is -3.87. The molecule has 0 atom stereocenters. The quantitative estimate of drug-likeness (QED) is 0.242. The highest BCUT2D eigenvalue weighted by molar-refractivity contribution is 5.87.